The summed E-state index contributed by atoms with van der Waals surface area (Å²) in [6.45, 7) is 1.98. The van der Waals surface area contributed by atoms with Gasteiger partial charge in [0.15, 0.2) is 0 Å². The van der Waals surface area contributed by atoms with Crippen LogP contribution in [-0.4, -0.2) is 12.0 Å². The molecule has 0 spiro atoms. The second kappa shape index (κ2) is 4.43. The lowest BCUT2D eigenvalue weighted by Crippen LogP contribution is -2.10. The van der Waals surface area contributed by atoms with E-state index < -0.39 is 0 Å². The number of rotatable bonds is 2. The van der Waals surface area contributed by atoms with E-state index in [2.05, 4.69) is 32.4 Å². The topological polar surface area (TPSA) is 42.2 Å². The highest BCUT2D eigenvalue weighted by molar-refractivity contribution is 9.10. The number of nitrogens with zero attached hydrogens (tertiary/aromatic N) is 2. The number of halogens is 1. The SMILES string of the molecule is Cc1cc(N(C)c2cc(Br)cs2)ncc1N. The lowest BCUT2D eigenvalue weighted by molar-refractivity contribution is 1.13. The van der Waals surface area contributed by atoms with E-state index in [0.29, 0.717) is 0 Å². The number of nitrogen functional groups attached to an aromatic ring is 1. The van der Waals surface area contributed by atoms with Crippen LogP contribution in [0.4, 0.5) is 16.5 Å². The Kier molecular flexibility index (Phi) is 3.16. The van der Waals surface area contributed by atoms with Crippen LogP contribution < -0.4 is 10.6 Å². The van der Waals surface area contributed by atoms with Gasteiger partial charge >= 0.3 is 0 Å². The van der Waals surface area contributed by atoms with Gasteiger partial charge in [0.2, 0.25) is 0 Å². The van der Waals surface area contributed by atoms with E-state index in [4.69, 9.17) is 5.73 Å². The minimum absolute atomic E-state index is 0.726. The molecule has 2 rings (SSSR count). The third kappa shape index (κ3) is 2.20. The van der Waals surface area contributed by atoms with Gasteiger partial charge in [-0.25, -0.2) is 4.98 Å². The summed E-state index contributed by atoms with van der Waals surface area (Å²) >= 11 is 5.11. The fourth-order valence-corrected chi connectivity index (χ4v) is 2.72. The largest absolute Gasteiger partial charge is 0.397 e. The molecule has 2 aromatic heterocycles. The molecule has 0 aromatic carbocycles. The molecule has 16 heavy (non-hydrogen) atoms. The van der Waals surface area contributed by atoms with Gasteiger partial charge in [0.25, 0.3) is 0 Å². The highest BCUT2D eigenvalue weighted by atomic mass is 79.9. The Hall–Kier alpha value is -1.07. The first-order valence-corrected chi connectivity index (χ1v) is 6.45. The molecule has 3 nitrogen and oxygen atoms in total. The highest BCUT2D eigenvalue weighted by Gasteiger charge is 2.08. The fraction of sp³-hybridized carbons (Fsp3) is 0.182. The molecule has 0 bridgehead atoms. The lowest BCUT2D eigenvalue weighted by Gasteiger charge is -2.16. The molecule has 0 saturated carbocycles. The quantitative estimate of drug-likeness (QED) is 0.921. The summed E-state index contributed by atoms with van der Waals surface area (Å²) in [7, 11) is 2.00. The molecule has 0 aliphatic rings. The number of hydrogen-bond donors (Lipinski definition) is 1. The maximum Gasteiger partial charge on any atom is 0.133 e. The zero-order valence-corrected chi connectivity index (χ0v) is 11.5. The summed E-state index contributed by atoms with van der Waals surface area (Å²) in [4.78, 5) is 6.36. The van der Waals surface area contributed by atoms with Gasteiger partial charge in [-0.2, -0.15) is 0 Å². The first kappa shape index (κ1) is 11.4. The smallest absolute Gasteiger partial charge is 0.133 e. The van der Waals surface area contributed by atoms with E-state index in [0.717, 1.165) is 26.5 Å². The molecular weight excluding hydrogens is 286 g/mol. The molecule has 0 atom stereocenters. The van der Waals surface area contributed by atoms with Crippen molar-refractivity contribution in [3.63, 3.8) is 0 Å². The van der Waals surface area contributed by atoms with E-state index in [-0.39, 0.29) is 0 Å². The van der Waals surface area contributed by atoms with Crippen molar-refractivity contribution in [1.29, 1.82) is 0 Å². The Morgan fingerprint density at radius 1 is 1.44 bits per heavy atom. The summed E-state index contributed by atoms with van der Waals surface area (Å²) in [6.07, 6.45) is 1.70. The van der Waals surface area contributed by atoms with E-state index in [1.165, 1.54) is 0 Å². The van der Waals surface area contributed by atoms with Crippen LogP contribution in [0.25, 0.3) is 0 Å². The minimum atomic E-state index is 0.726. The fourth-order valence-electron chi connectivity index (χ4n) is 1.33. The Morgan fingerprint density at radius 2 is 2.19 bits per heavy atom. The third-order valence-corrected chi connectivity index (χ3v) is 4.13. The third-order valence-electron chi connectivity index (χ3n) is 2.36. The Balaban J connectivity index is 2.33. The zero-order valence-electron chi connectivity index (χ0n) is 9.07. The number of aromatic nitrogens is 1. The minimum Gasteiger partial charge on any atom is -0.397 e. The monoisotopic (exact) mass is 297 g/mol. The number of hydrogen-bond acceptors (Lipinski definition) is 4. The molecule has 0 fully saturated rings. The predicted octanol–water partition coefficient (Wildman–Crippen LogP) is 3.56. The average molecular weight is 298 g/mol. The summed E-state index contributed by atoms with van der Waals surface area (Å²) in [5.41, 5.74) is 7.52. The van der Waals surface area contributed by atoms with Gasteiger partial charge in [-0.05, 0) is 40.5 Å². The molecule has 0 unspecified atom stereocenters. The number of nitrogens with two attached hydrogens (primary N) is 1. The van der Waals surface area contributed by atoms with Crippen molar-refractivity contribution in [3.05, 3.63) is 33.7 Å². The first-order chi connectivity index (χ1) is 7.58. The summed E-state index contributed by atoms with van der Waals surface area (Å²) < 4.78 is 1.09. The maximum absolute atomic E-state index is 5.75. The van der Waals surface area contributed by atoms with E-state index in [9.17, 15) is 0 Å². The summed E-state index contributed by atoms with van der Waals surface area (Å²) in [6, 6.07) is 4.06. The van der Waals surface area contributed by atoms with Crippen molar-refractivity contribution in [1.82, 2.24) is 4.98 Å². The van der Waals surface area contributed by atoms with Gasteiger partial charge in [-0.3, -0.25) is 0 Å². The Bertz CT molecular complexity index is 510. The van der Waals surface area contributed by atoms with Crippen LogP contribution in [0.1, 0.15) is 5.56 Å². The number of thiophene rings is 1. The molecule has 2 heterocycles. The molecule has 84 valence electrons. The van der Waals surface area contributed by atoms with Gasteiger partial charge in [0.1, 0.15) is 5.82 Å². The molecule has 0 aliphatic carbocycles. The van der Waals surface area contributed by atoms with E-state index >= 15 is 0 Å². The lowest BCUT2D eigenvalue weighted by atomic mass is 10.2. The van der Waals surface area contributed by atoms with Crippen molar-refractivity contribution >= 4 is 43.8 Å². The molecule has 0 saturated heterocycles. The van der Waals surface area contributed by atoms with Gasteiger partial charge in [0.05, 0.1) is 16.9 Å². The normalized spacial score (nSPS) is 10.4. The van der Waals surface area contributed by atoms with E-state index in [1.807, 2.05) is 24.9 Å². The molecule has 0 amide bonds. The predicted molar refractivity (Wildman–Crippen MR) is 73.5 cm³/mol. The van der Waals surface area contributed by atoms with E-state index in [1.54, 1.807) is 17.5 Å². The van der Waals surface area contributed by atoms with Gasteiger partial charge in [-0.1, -0.05) is 0 Å². The van der Waals surface area contributed by atoms with Crippen molar-refractivity contribution in [2.24, 2.45) is 0 Å². The van der Waals surface area contributed by atoms with Crippen molar-refractivity contribution < 1.29 is 0 Å². The van der Waals surface area contributed by atoms with Gasteiger partial charge in [-0.15, -0.1) is 11.3 Å². The molecule has 0 aliphatic heterocycles. The van der Waals surface area contributed by atoms with Crippen LogP contribution in [0.2, 0.25) is 0 Å². The van der Waals surface area contributed by atoms with Crippen LogP contribution >= 0.6 is 27.3 Å². The van der Waals surface area contributed by atoms with Crippen LogP contribution in [0.5, 0.6) is 0 Å². The van der Waals surface area contributed by atoms with Gasteiger partial charge < -0.3 is 10.6 Å². The second-order valence-corrected chi connectivity index (χ2v) is 5.37. The number of aryl methyl sites for hydroxylation is 1. The van der Waals surface area contributed by atoms with Crippen LogP contribution in [0.15, 0.2) is 28.2 Å². The molecule has 2 N–H and O–H groups in total. The molecular formula is C11H12BrN3S. The van der Waals surface area contributed by atoms with Crippen LogP contribution in [0.3, 0.4) is 0 Å². The van der Waals surface area contributed by atoms with Crippen molar-refractivity contribution in [3.8, 4) is 0 Å². The second-order valence-electron chi connectivity index (χ2n) is 3.56. The average Bonchev–Trinajstić information content (AvgIpc) is 2.68. The van der Waals surface area contributed by atoms with Gasteiger partial charge in [0, 0.05) is 16.9 Å². The van der Waals surface area contributed by atoms with Crippen LogP contribution in [0, 0.1) is 6.92 Å². The van der Waals surface area contributed by atoms with Crippen molar-refractivity contribution in [2.45, 2.75) is 6.92 Å². The standard InChI is InChI=1S/C11H12BrN3S/c1-7-3-10(14-5-9(7)13)15(2)11-4-8(12)6-16-11/h3-6H,13H2,1-2H3. The first-order valence-electron chi connectivity index (χ1n) is 4.78. The Morgan fingerprint density at radius 3 is 2.75 bits per heavy atom. The maximum atomic E-state index is 5.75. The molecule has 5 heteroatoms. The summed E-state index contributed by atoms with van der Waals surface area (Å²) in [5, 5.41) is 3.19. The van der Waals surface area contributed by atoms with Crippen LogP contribution in [-0.2, 0) is 0 Å². The molecule has 2 aromatic rings. The summed E-state index contributed by atoms with van der Waals surface area (Å²) in [5.74, 6) is 0.904. The highest BCUT2D eigenvalue weighted by Crippen LogP contribution is 2.31. The molecule has 0 radical (unpaired) electrons. The van der Waals surface area contributed by atoms with Crippen molar-refractivity contribution in [2.75, 3.05) is 17.7 Å². The number of pyridine rings is 1. The Labute approximate surface area is 107 Å². The zero-order chi connectivity index (χ0) is 11.7. The number of anilines is 3.